The molecule has 29 heavy (non-hydrogen) atoms. The summed E-state index contributed by atoms with van der Waals surface area (Å²) in [5, 5.41) is 7.19. The van der Waals surface area contributed by atoms with E-state index in [1.54, 1.807) is 13.0 Å². The molecule has 0 unspecified atom stereocenters. The summed E-state index contributed by atoms with van der Waals surface area (Å²) in [6.45, 7) is 6.08. The fourth-order valence-corrected chi connectivity index (χ4v) is 3.20. The maximum Gasteiger partial charge on any atom is 0.414 e. The van der Waals surface area contributed by atoms with Gasteiger partial charge in [-0.25, -0.2) is 14.2 Å². The third-order valence-electron chi connectivity index (χ3n) is 4.73. The van der Waals surface area contributed by atoms with Crippen LogP contribution in [0.1, 0.15) is 41.5 Å². The lowest BCUT2D eigenvalue weighted by Crippen LogP contribution is -2.24. The van der Waals surface area contributed by atoms with Gasteiger partial charge in [0.05, 0.1) is 28.9 Å². The highest BCUT2D eigenvalue weighted by molar-refractivity contribution is 6.12. The van der Waals surface area contributed by atoms with Gasteiger partial charge in [0.2, 0.25) is 0 Å². The Morgan fingerprint density at radius 2 is 2.10 bits per heavy atom. The van der Waals surface area contributed by atoms with E-state index >= 15 is 0 Å². The molecule has 9 heteroatoms. The van der Waals surface area contributed by atoms with E-state index in [4.69, 9.17) is 9.26 Å². The van der Waals surface area contributed by atoms with Crippen molar-refractivity contribution in [3.05, 3.63) is 47.0 Å². The van der Waals surface area contributed by atoms with Crippen molar-refractivity contribution in [2.75, 3.05) is 23.4 Å². The third-order valence-corrected chi connectivity index (χ3v) is 4.73. The number of cyclic esters (lactones) is 1. The summed E-state index contributed by atoms with van der Waals surface area (Å²) in [6.07, 6.45) is -0.620. The SMILES string of the molecule is Cc1noc2nc(C(C)C)cc(C(=O)Nc3ccc(F)c(N4CCOC4=O)c3)c12. The van der Waals surface area contributed by atoms with Crippen LogP contribution >= 0.6 is 0 Å². The first-order chi connectivity index (χ1) is 13.8. The zero-order valence-electron chi connectivity index (χ0n) is 16.2. The summed E-state index contributed by atoms with van der Waals surface area (Å²) in [5.41, 5.74) is 2.29. The average Bonchev–Trinajstić information content (AvgIpc) is 3.28. The van der Waals surface area contributed by atoms with Gasteiger partial charge in [0.15, 0.2) is 0 Å². The van der Waals surface area contributed by atoms with Gasteiger partial charge in [-0.1, -0.05) is 19.0 Å². The van der Waals surface area contributed by atoms with Crippen molar-refractivity contribution in [1.82, 2.24) is 10.1 Å². The Labute approximate surface area is 165 Å². The molecule has 8 nitrogen and oxygen atoms in total. The van der Waals surface area contributed by atoms with Crippen molar-refractivity contribution in [2.45, 2.75) is 26.7 Å². The van der Waals surface area contributed by atoms with Gasteiger partial charge in [-0.2, -0.15) is 0 Å². The van der Waals surface area contributed by atoms with Crippen molar-refractivity contribution in [3.63, 3.8) is 0 Å². The van der Waals surface area contributed by atoms with Crippen LogP contribution in [0.3, 0.4) is 0 Å². The maximum atomic E-state index is 14.2. The minimum atomic E-state index is -0.620. The number of hydrogen-bond acceptors (Lipinski definition) is 6. The van der Waals surface area contributed by atoms with Crippen molar-refractivity contribution >= 4 is 34.5 Å². The number of anilines is 2. The maximum absolute atomic E-state index is 14.2. The predicted octanol–water partition coefficient (Wildman–Crippen LogP) is 4.00. The Bertz CT molecular complexity index is 1130. The molecular weight excluding hydrogens is 379 g/mol. The average molecular weight is 398 g/mol. The molecule has 3 heterocycles. The fraction of sp³-hybridized carbons (Fsp3) is 0.300. The number of pyridine rings is 1. The first-order valence-electron chi connectivity index (χ1n) is 9.17. The number of amides is 2. The predicted molar refractivity (Wildman–Crippen MR) is 104 cm³/mol. The summed E-state index contributed by atoms with van der Waals surface area (Å²) in [7, 11) is 0. The number of rotatable bonds is 4. The molecule has 2 amide bonds. The van der Waals surface area contributed by atoms with Crippen LogP contribution in [0.25, 0.3) is 11.1 Å². The van der Waals surface area contributed by atoms with Crippen LogP contribution in [-0.2, 0) is 4.74 Å². The molecule has 1 fully saturated rings. The van der Waals surface area contributed by atoms with E-state index < -0.39 is 17.8 Å². The summed E-state index contributed by atoms with van der Waals surface area (Å²) in [6, 6.07) is 5.74. The lowest BCUT2D eigenvalue weighted by molar-refractivity contribution is 0.102. The van der Waals surface area contributed by atoms with Crippen LogP contribution in [0.2, 0.25) is 0 Å². The summed E-state index contributed by atoms with van der Waals surface area (Å²) < 4.78 is 24.3. The fourth-order valence-electron chi connectivity index (χ4n) is 3.20. The van der Waals surface area contributed by atoms with Crippen molar-refractivity contribution < 1.29 is 23.2 Å². The molecule has 1 saturated heterocycles. The molecule has 150 valence electrons. The first kappa shape index (κ1) is 18.9. The number of nitrogens with one attached hydrogen (secondary N) is 1. The molecule has 1 aliphatic heterocycles. The molecule has 0 bridgehead atoms. The van der Waals surface area contributed by atoms with Crippen molar-refractivity contribution in [2.24, 2.45) is 0 Å². The minimum Gasteiger partial charge on any atom is -0.447 e. The number of carbonyl (C=O) groups is 2. The number of aryl methyl sites for hydroxylation is 1. The largest absolute Gasteiger partial charge is 0.447 e. The van der Waals surface area contributed by atoms with Crippen LogP contribution in [0.15, 0.2) is 28.8 Å². The molecule has 0 saturated carbocycles. The van der Waals surface area contributed by atoms with Crippen LogP contribution in [0.5, 0.6) is 0 Å². The highest BCUT2D eigenvalue weighted by Crippen LogP contribution is 2.28. The number of benzene rings is 1. The number of carbonyl (C=O) groups excluding carboxylic acids is 2. The van der Waals surface area contributed by atoms with Crippen molar-refractivity contribution in [1.29, 1.82) is 0 Å². The molecule has 4 rings (SSSR count). The Hall–Kier alpha value is -3.49. The van der Waals surface area contributed by atoms with E-state index in [1.807, 2.05) is 13.8 Å². The van der Waals surface area contributed by atoms with Crippen LogP contribution < -0.4 is 10.2 Å². The molecule has 0 radical (unpaired) electrons. The number of ether oxygens (including phenoxy) is 1. The number of fused-ring (bicyclic) bond motifs is 1. The second kappa shape index (κ2) is 7.16. The Balaban J connectivity index is 1.70. The quantitative estimate of drug-likeness (QED) is 0.713. The smallest absolute Gasteiger partial charge is 0.414 e. The highest BCUT2D eigenvalue weighted by atomic mass is 19.1. The zero-order valence-corrected chi connectivity index (χ0v) is 16.2. The number of hydrogen-bond donors (Lipinski definition) is 1. The molecule has 0 aliphatic carbocycles. The highest BCUT2D eigenvalue weighted by Gasteiger charge is 2.27. The topological polar surface area (TPSA) is 97.6 Å². The van der Waals surface area contributed by atoms with Gasteiger partial charge in [-0.15, -0.1) is 0 Å². The van der Waals surface area contributed by atoms with E-state index in [1.165, 1.54) is 23.1 Å². The molecule has 1 aliphatic rings. The second-order valence-electron chi connectivity index (χ2n) is 7.08. The standard InChI is InChI=1S/C20H19FN4O4/c1-10(2)15-9-13(17-11(3)24-29-19(17)23-15)18(26)22-12-4-5-14(21)16(8-12)25-6-7-28-20(25)27/h4-5,8-10H,6-7H2,1-3H3,(H,22,26). The van der Waals surface area contributed by atoms with Crippen LogP contribution in [0.4, 0.5) is 20.6 Å². The molecule has 0 spiro atoms. The van der Waals surface area contributed by atoms with E-state index in [2.05, 4.69) is 15.5 Å². The summed E-state index contributed by atoms with van der Waals surface area (Å²) in [5.74, 6) is -0.910. The van der Waals surface area contributed by atoms with E-state index in [-0.39, 0.29) is 24.8 Å². The molecule has 1 N–H and O–H groups in total. The van der Waals surface area contributed by atoms with Crippen LogP contribution in [0, 0.1) is 12.7 Å². The van der Waals surface area contributed by atoms with Gasteiger partial charge < -0.3 is 14.6 Å². The Kier molecular flexibility index (Phi) is 4.65. The van der Waals surface area contributed by atoms with Crippen molar-refractivity contribution in [3.8, 4) is 0 Å². The van der Waals surface area contributed by atoms with E-state index in [0.29, 0.717) is 33.7 Å². The van der Waals surface area contributed by atoms with E-state index in [0.717, 1.165) is 0 Å². The van der Waals surface area contributed by atoms with E-state index in [9.17, 15) is 14.0 Å². The lowest BCUT2D eigenvalue weighted by Gasteiger charge is -2.15. The molecular formula is C20H19FN4O4. The Morgan fingerprint density at radius 1 is 1.31 bits per heavy atom. The molecule has 1 aromatic carbocycles. The van der Waals surface area contributed by atoms with Gasteiger partial charge >= 0.3 is 6.09 Å². The van der Waals surface area contributed by atoms with Gasteiger partial charge in [0.1, 0.15) is 12.4 Å². The van der Waals surface area contributed by atoms with Crippen LogP contribution in [-0.4, -0.2) is 35.3 Å². The first-order valence-corrected chi connectivity index (χ1v) is 9.17. The summed E-state index contributed by atoms with van der Waals surface area (Å²) in [4.78, 5) is 30.4. The lowest BCUT2D eigenvalue weighted by atomic mass is 10.0. The third kappa shape index (κ3) is 3.39. The molecule has 3 aromatic rings. The van der Waals surface area contributed by atoms with Gasteiger partial charge in [0.25, 0.3) is 11.6 Å². The number of aromatic nitrogens is 2. The van der Waals surface area contributed by atoms with Gasteiger partial charge in [-0.3, -0.25) is 9.69 Å². The Morgan fingerprint density at radius 3 is 2.79 bits per heavy atom. The molecule has 0 atom stereocenters. The zero-order chi connectivity index (χ0) is 20.7. The monoisotopic (exact) mass is 398 g/mol. The number of halogens is 1. The van der Waals surface area contributed by atoms with Gasteiger partial charge in [-0.05, 0) is 37.1 Å². The minimum absolute atomic E-state index is 0.0502. The summed E-state index contributed by atoms with van der Waals surface area (Å²) >= 11 is 0. The van der Waals surface area contributed by atoms with Gasteiger partial charge in [0, 0.05) is 11.4 Å². The molecule has 2 aromatic heterocycles. The normalized spacial score (nSPS) is 14.0. The number of nitrogens with zero attached hydrogens (tertiary/aromatic N) is 3. The second-order valence-corrected chi connectivity index (χ2v) is 7.08.